The average molecular weight is 402 g/mol. The van der Waals surface area contributed by atoms with Crippen LogP contribution < -0.4 is 5.32 Å². The zero-order valence-electron chi connectivity index (χ0n) is 17.3. The van der Waals surface area contributed by atoms with Crippen LogP contribution in [-0.4, -0.2) is 54.4 Å². The molecule has 1 aliphatic rings. The number of methoxy groups -OCH3 is 1. The van der Waals surface area contributed by atoms with Crippen molar-refractivity contribution < 1.29 is 23.0 Å². The van der Waals surface area contributed by atoms with Crippen LogP contribution in [0.3, 0.4) is 0 Å². The minimum Gasteiger partial charge on any atom is -0.382 e. The van der Waals surface area contributed by atoms with E-state index >= 15 is 8.78 Å². The summed E-state index contributed by atoms with van der Waals surface area (Å²) in [6, 6.07) is 0. The van der Waals surface area contributed by atoms with Crippen LogP contribution in [0.15, 0.2) is 0 Å². The summed E-state index contributed by atoms with van der Waals surface area (Å²) in [4.78, 5) is 12.2. The number of rotatable bonds is 8. The Kier molecular flexibility index (Phi) is 7.88. The Labute approximate surface area is 165 Å². The highest BCUT2D eigenvalue weighted by atomic mass is 19.3. The van der Waals surface area contributed by atoms with Gasteiger partial charge >= 0.3 is 0 Å². The van der Waals surface area contributed by atoms with Crippen molar-refractivity contribution >= 4 is 5.91 Å². The van der Waals surface area contributed by atoms with Gasteiger partial charge in [0.05, 0.1) is 31.1 Å². The molecule has 28 heavy (non-hydrogen) atoms. The van der Waals surface area contributed by atoms with E-state index in [1.165, 1.54) is 0 Å². The summed E-state index contributed by atoms with van der Waals surface area (Å²) in [5.41, 5.74) is -0.220. The maximum Gasteiger partial charge on any atom is 0.296 e. The predicted molar refractivity (Wildman–Crippen MR) is 100 cm³/mol. The van der Waals surface area contributed by atoms with Crippen molar-refractivity contribution in [2.45, 2.75) is 64.3 Å². The van der Waals surface area contributed by atoms with E-state index in [2.05, 4.69) is 15.6 Å². The molecule has 1 heterocycles. The first-order valence-electron chi connectivity index (χ1n) is 9.84. The fourth-order valence-corrected chi connectivity index (χ4v) is 3.41. The fraction of sp³-hybridized carbons (Fsp3) is 0.842. The molecule has 1 amide bonds. The highest BCUT2D eigenvalue weighted by Crippen LogP contribution is 2.43. The molecule has 1 aromatic rings. The van der Waals surface area contributed by atoms with Gasteiger partial charge in [-0.2, -0.15) is 8.78 Å². The van der Waals surface area contributed by atoms with E-state index in [9.17, 15) is 4.79 Å². The van der Waals surface area contributed by atoms with Gasteiger partial charge in [0.15, 0.2) is 5.69 Å². The number of fused-ring (bicyclic) bond motifs is 1. The van der Waals surface area contributed by atoms with E-state index < -0.39 is 23.3 Å². The third-order valence-corrected chi connectivity index (χ3v) is 4.88. The van der Waals surface area contributed by atoms with Gasteiger partial charge in [-0.15, -0.1) is 5.10 Å². The summed E-state index contributed by atoms with van der Waals surface area (Å²) in [5, 5.41) is 10.5. The van der Waals surface area contributed by atoms with Gasteiger partial charge in [0.1, 0.15) is 0 Å². The van der Waals surface area contributed by atoms with Crippen LogP contribution in [0.5, 0.6) is 0 Å². The molecule has 0 saturated carbocycles. The van der Waals surface area contributed by atoms with E-state index in [4.69, 9.17) is 9.47 Å². The Bertz CT molecular complexity index is 644. The minimum absolute atomic E-state index is 0.243. The highest BCUT2D eigenvalue weighted by molar-refractivity contribution is 5.76. The molecule has 7 nitrogen and oxygen atoms in total. The first-order chi connectivity index (χ1) is 13.2. The molecule has 0 aliphatic heterocycles. The van der Waals surface area contributed by atoms with E-state index in [1.54, 1.807) is 11.8 Å². The summed E-state index contributed by atoms with van der Waals surface area (Å²) in [5.74, 6) is -4.68. The first kappa shape index (κ1) is 22.7. The van der Waals surface area contributed by atoms with Crippen LogP contribution in [0.4, 0.5) is 8.78 Å². The molecule has 0 aromatic carbocycles. The van der Waals surface area contributed by atoms with Crippen LogP contribution in [0.2, 0.25) is 0 Å². The number of amides is 1. The highest BCUT2D eigenvalue weighted by Gasteiger charge is 2.47. The molecule has 2 rings (SSSR count). The van der Waals surface area contributed by atoms with Gasteiger partial charge < -0.3 is 14.8 Å². The number of carbonyl (C=O) groups excluding carboxylic acids is 1. The summed E-state index contributed by atoms with van der Waals surface area (Å²) in [7, 11) is 1.58. The van der Waals surface area contributed by atoms with Crippen molar-refractivity contribution in [1.82, 2.24) is 20.3 Å². The summed E-state index contributed by atoms with van der Waals surface area (Å²) in [6.45, 7) is 7.25. The number of alkyl halides is 2. The number of hydrogen-bond donors (Lipinski definition) is 1. The normalized spacial score (nSPS) is 19.6. The van der Waals surface area contributed by atoms with Crippen molar-refractivity contribution in [3.63, 3.8) is 0 Å². The fourth-order valence-electron chi connectivity index (χ4n) is 3.41. The van der Waals surface area contributed by atoms with Crippen molar-refractivity contribution in [2.75, 3.05) is 33.5 Å². The Morgan fingerprint density at radius 2 is 2.04 bits per heavy atom. The molecule has 1 aromatic heterocycles. The molecule has 1 aliphatic carbocycles. The van der Waals surface area contributed by atoms with Crippen molar-refractivity contribution in [1.29, 1.82) is 0 Å². The van der Waals surface area contributed by atoms with E-state index in [-0.39, 0.29) is 25.1 Å². The van der Waals surface area contributed by atoms with Crippen molar-refractivity contribution in [2.24, 2.45) is 5.92 Å². The van der Waals surface area contributed by atoms with Gasteiger partial charge in [0.25, 0.3) is 5.92 Å². The number of ether oxygens (including phenoxy) is 2. The van der Waals surface area contributed by atoms with Crippen LogP contribution >= 0.6 is 0 Å². The van der Waals surface area contributed by atoms with Gasteiger partial charge in [0, 0.05) is 26.0 Å². The van der Waals surface area contributed by atoms with Crippen LogP contribution in [0.25, 0.3) is 0 Å². The lowest BCUT2D eigenvalue weighted by Crippen LogP contribution is -2.36. The summed E-state index contributed by atoms with van der Waals surface area (Å²) >= 11 is 0. The Morgan fingerprint density at radius 3 is 2.71 bits per heavy atom. The molecule has 0 saturated heterocycles. The second kappa shape index (κ2) is 9.73. The van der Waals surface area contributed by atoms with Crippen LogP contribution in [0, 0.1) is 5.92 Å². The third-order valence-electron chi connectivity index (χ3n) is 4.88. The number of carbonyl (C=O) groups is 1. The van der Waals surface area contributed by atoms with E-state index in [0.717, 1.165) is 6.42 Å². The monoisotopic (exact) mass is 402 g/mol. The quantitative estimate of drug-likeness (QED) is 0.677. The van der Waals surface area contributed by atoms with Crippen LogP contribution in [-0.2, 0) is 32.2 Å². The molecule has 0 spiro atoms. The van der Waals surface area contributed by atoms with Gasteiger partial charge in [-0.05, 0) is 40.0 Å². The molecule has 160 valence electrons. The van der Waals surface area contributed by atoms with Gasteiger partial charge in [-0.3, -0.25) is 4.79 Å². The minimum atomic E-state index is -3.19. The summed E-state index contributed by atoms with van der Waals surface area (Å²) in [6.07, 6.45) is 1.98. The van der Waals surface area contributed by atoms with E-state index in [1.807, 2.05) is 20.8 Å². The largest absolute Gasteiger partial charge is 0.382 e. The molecule has 1 atom stereocenters. The lowest BCUT2D eigenvalue weighted by atomic mass is 9.85. The number of nitrogens with zero attached hydrogens (tertiary/aromatic N) is 3. The smallest absolute Gasteiger partial charge is 0.296 e. The third kappa shape index (κ3) is 5.70. The number of hydrogen-bond acceptors (Lipinski definition) is 5. The number of aromatic nitrogens is 3. The molecule has 9 heteroatoms. The average Bonchev–Trinajstić information content (AvgIpc) is 3.04. The van der Waals surface area contributed by atoms with Gasteiger partial charge in [-0.25, -0.2) is 4.68 Å². The summed E-state index contributed by atoms with van der Waals surface area (Å²) < 4.78 is 42.2. The van der Waals surface area contributed by atoms with Crippen LogP contribution in [0.1, 0.15) is 57.8 Å². The molecule has 0 radical (unpaired) electrons. The van der Waals surface area contributed by atoms with E-state index in [0.29, 0.717) is 38.4 Å². The second-order valence-corrected chi connectivity index (χ2v) is 8.19. The molecular formula is C19H32F2N4O3. The Morgan fingerprint density at radius 1 is 1.29 bits per heavy atom. The Balaban J connectivity index is 2.03. The Hall–Kier alpha value is -1.61. The first-order valence-corrected chi connectivity index (χ1v) is 9.84. The predicted octanol–water partition coefficient (Wildman–Crippen LogP) is 2.64. The van der Waals surface area contributed by atoms with Crippen molar-refractivity contribution in [3.8, 4) is 0 Å². The maximum atomic E-state index is 15.3. The lowest BCUT2D eigenvalue weighted by molar-refractivity contribution is -0.129. The van der Waals surface area contributed by atoms with Crippen molar-refractivity contribution in [3.05, 3.63) is 11.4 Å². The maximum absolute atomic E-state index is 15.3. The SMILES string of the molecule is COCCOCCNC(=O)CC1CCCCc2c(nnn2C(C)(C)C)C1(F)F. The molecule has 0 fully saturated rings. The lowest BCUT2D eigenvalue weighted by Gasteiger charge is -2.29. The molecule has 1 unspecified atom stereocenters. The molecule has 1 N–H and O–H groups in total. The van der Waals surface area contributed by atoms with Gasteiger partial charge in [0.2, 0.25) is 5.91 Å². The topological polar surface area (TPSA) is 78.3 Å². The number of nitrogens with one attached hydrogen (secondary N) is 1. The number of halogens is 2. The zero-order valence-corrected chi connectivity index (χ0v) is 17.3. The second-order valence-electron chi connectivity index (χ2n) is 8.19. The van der Waals surface area contributed by atoms with Gasteiger partial charge in [-0.1, -0.05) is 11.6 Å². The zero-order chi connectivity index (χ0) is 20.8. The standard InChI is InChI=1S/C19H32F2N4O3/c1-18(2,3)25-15-8-6-5-7-14(19(20,21)17(15)23-24-25)13-16(26)22-9-10-28-12-11-27-4/h14H,5-13H2,1-4H3,(H,22,26). The molecule has 0 bridgehead atoms. The molecular weight excluding hydrogens is 370 g/mol.